The number of aromatic hydroxyl groups is 1. The van der Waals surface area contributed by atoms with Crippen molar-refractivity contribution < 1.29 is 24.4 Å². The third-order valence-electron chi connectivity index (χ3n) is 5.52. The Labute approximate surface area is 145 Å². The zero-order chi connectivity index (χ0) is 17.3. The largest absolute Gasteiger partial charge is 0.508 e. The van der Waals surface area contributed by atoms with Crippen LogP contribution in [0.4, 0.5) is 0 Å². The van der Waals surface area contributed by atoms with Crippen LogP contribution in [-0.4, -0.2) is 28.5 Å². The Balaban J connectivity index is 1.57. The van der Waals surface area contributed by atoms with Gasteiger partial charge in [0, 0.05) is 29.7 Å². The van der Waals surface area contributed by atoms with Gasteiger partial charge >= 0.3 is 0 Å². The Kier molecular flexibility index (Phi) is 2.87. The second-order valence-electron chi connectivity index (χ2n) is 7.60. The second kappa shape index (κ2) is 4.82. The SMILES string of the molecule is CC1(C)Oc2cc3c(cc2CC1O)[C@@H]1Oc2cc(O)ccc2[C@@H]1CO3. The number of hydrogen-bond donors (Lipinski definition) is 2. The molecular formula is C20H20O5. The van der Waals surface area contributed by atoms with Crippen LogP contribution in [0.1, 0.15) is 42.6 Å². The van der Waals surface area contributed by atoms with Gasteiger partial charge in [-0.05, 0) is 31.5 Å². The van der Waals surface area contributed by atoms with Crippen molar-refractivity contribution in [1.82, 2.24) is 0 Å². The van der Waals surface area contributed by atoms with Crippen LogP contribution in [0.25, 0.3) is 0 Å². The number of hydrogen-bond acceptors (Lipinski definition) is 5. The van der Waals surface area contributed by atoms with E-state index in [1.807, 2.05) is 32.0 Å². The molecule has 3 aliphatic rings. The van der Waals surface area contributed by atoms with Crippen LogP contribution < -0.4 is 14.2 Å². The van der Waals surface area contributed by atoms with Crippen molar-refractivity contribution >= 4 is 0 Å². The molecule has 2 aromatic carbocycles. The lowest BCUT2D eigenvalue weighted by Crippen LogP contribution is -2.46. The number of phenolic OH excluding ortho intramolecular Hbond substituents is 1. The van der Waals surface area contributed by atoms with Crippen LogP contribution in [0.15, 0.2) is 30.3 Å². The van der Waals surface area contributed by atoms with Crippen LogP contribution in [0.2, 0.25) is 0 Å². The van der Waals surface area contributed by atoms with E-state index in [1.165, 1.54) is 0 Å². The first-order chi connectivity index (χ1) is 11.9. The highest BCUT2D eigenvalue weighted by atomic mass is 16.5. The van der Waals surface area contributed by atoms with E-state index < -0.39 is 11.7 Å². The van der Waals surface area contributed by atoms with E-state index in [0.29, 0.717) is 18.8 Å². The highest BCUT2D eigenvalue weighted by molar-refractivity contribution is 5.55. The van der Waals surface area contributed by atoms with E-state index >= 15 is 0 Å². The van der Waals surface area contributed by atoms with E-state index in [9.17, 15) is 10.2 Å². The minimum Gasteiger partial charge on any atom is -0.508 e. The molecule has 3 aliphatic heterocycles. The highest BCUT2D eigenvalue weighted by Gasteiger charge is 2.43. The molecular weight excluding hydrogens is 320 g/mol. The van der Waals surface area contributed by atoms with Crippen LogP contribution in [-0.2, 0) is 6.42 Å². The Morgan fingerprint density at radius 1 is 1.04 bits per heavy atom. The summed E-state index contributed by atoms with van der Waals surface area (Å²) < 4.78 is 18.1. The number of rotatable bonds is 0. The lowest BCUT2D eigenvalue weighted by atomic mass is 9.85. The average Bonchev–Trinajstić information content (AvgIpc) is 2.92. The van der Waals surface area contributed by atoms with Crippen molar-refractivity contribution in [2.24, 2.45) is 0 Å². The van der Waals surface area contributed by atoms with Crippen molar-refractivity contribution in [3.63, 3.8) is 0 Å². The fourth-order valence-electron chi connectivity index (χ4n) is 3.98. The molecule has 0 fully saturated rings. The van der Waals surface area contributed by atoms with E-state index in [1.54, 1.807) is 12.1 Å². The average molecular weight is 340 g/mol. The summed E-state index contributed by atoms with van der Waals surface area (Å²) >= 11 is 0. The van der Waals surface area contributed by atoms with Gasteiger partial charge in [-0.2, -0.15) is 0 Å². The van der Waals surface area contributed by atoms with Crippen molar-refractivity contribution in [3.8, 4) is 23.0 Å². The van der Waals surface area contributed by atoms with Gasteiger partial charge in [0.1, 0.15) is 34.7 Å². The molecule has 0 bridgehead atoms. The number of fused-ring (bicyclic) bond motifs is 6. The van der Waals surface area contributed by atoms with Crippen molar-refractivity contribution in [3.05, 3.63) is 47.0 Å². The van der Waals surface area contributed by atoms with Gasteiger partial charge < -0.3 is 24.4 Å². The molecule has 0 spiro atoms. The molecule has 2 N–H and O–H groups in total. The van der Waals surface area contributed by atoms with Gasteiger partial charge in [-0.3, -0.25) is 0 Å². The number of aliphatic hydroxyl groups is 1. The summed E-state index contributed by atoms with van der Waals surface area (Å²) in [4.78, 5) is 0. The fraction of sp³-hybridized carbons (Fsp3) is 0.400. The predicted octanol–water partition coefficient (Wildman–Crippen LogP) is 3.08. The van der Waals surface area contributed by atoms with Gasteiger partial charge in [-0.15, -0.1) is 0 Å². The maximum absolute atomic E-state index is 10.3. The lowest BCUT2D eigenvalue weighted by molar-refractivity contribution is -0.0415. The summed E-state index contributed by atoms with van der Waals surface area (Å²) in [6, 6.07) is 9.18. The quantitative estimate of drug-likeness (QED) is 0.771. The smallest absolute Gasteiger partial charge is 0.138 e. The summed E-state index contributed by atoms with van der Waals surface area (Å²) in [6.07, 6.45) is -0.157. The Bertz CT molecular complexity index is 873. The predicted molar refractivity (Wildman–Crippen MR) is 90.6 cm³/mol. The molecule has 0 radical (unpaired) electrons. The number of aliphatic hydroxyl groups excluding tert-OH is 1. The number of ether oxygens (including phenoxy) is 3. The van der Waals surface area contributed by atoms with Gasteiger partial charge in [-0.1, -0.05) is 6.07 Å². The summed E-state index contributed by atoms with van der Waals surface area (Å²) in [5.74, 6) is 2.54. The summed E-state index contributed by atoms with van der Waals surface area (Å²) in [5.41, 5.74) is 2.39. The topological polar surface area (TPSA) is 68.2 Å². The van der Waals surface area contributed by atoms with Crippen LogP contribution in [0.3, 0.4) is 0 Å². The van der Waals surface area contributed by atoms with Crippen LogP contribution in [0.5, 0.6) is 23.0 Å². The monoisotopic (exact) mass is 340 g/mol. The Morgan fingerprint density at radius 3 is 2.72 bits per heavy atom. The first-order valence-electron chi connectivity index (χ1n) is 8.58. The maximum Gasteiger partial charge on any atom is 0.138 e. The van der Waals surface area contributed by atoms with E-state index in [0.717, 1.165) is 28.2 Å². The molecule has 0 aliphatic carbocycles. The second-order valence-corrected chi connectivity index (χ2v) is 7.60. The van der Waals surface area contributed by atoms with Crippen LogP contribution >= 0.6 is 0 Å². The molecule has 0 amide bonds. The third kappa shape index (κ3) is 2.12. The molecule has 130 valence electrons. The Hall–Kier alpha value is -2.40. The molecule has 3 heterocycles. The van der Waals surface area contributed by atoms with Gasteiger partial charge in [0.2, 0.25) is 0 Å². The molecule has 0 saturated carbocycles. The van der Waals surface area contributed by atoms with Gasteiger partial charge in [0.25, 0.3) is 0 Å². The molecule has 2 aromatic rings. The molecule has 5 heteroatoms. The maximum atomic E-state index is 10.3. The molecule has 1 unspecified atom stereocenters. The Morgan fingerprint density at radius 2 is 1.88 bits per heavy atom. The molecule has 0 saturated heterocycles. The van der Waals surface area contributed by atoms with Crippen molar-refractivity contribution in [1.29, 1.82) is 0 Å². The summed E-state index contributed by atoms with van der Waals surface area (Å²) in [5, 5.41) is 20.0. The van der Waals surface area contributed by atoms with Crippen LogP contribution in [0, 0.1) is 0 Å². The molecule has 25 heavy (non-hydrogen) atoms. The lowest BCUT2D eigenvalue weighted by Gasteiger charge is -2.38. The normalized spacial score (nSPS) is 27.7. The van der Waals surface area contributed by atoms with Gasteiger partial charge in [0.05, 0.1) is 18.6 Å². The van der Waals surface area contributed by atoms with E-state index in [2.05, 4.69) is 0 Å². The standard InChI is InChI=1S/C20H20O5/c1-20(2)18(22)6-10-5-13-16(8-15(10)25-20)23-9-14-12-4-3-11(21)7-17(12)24-19(13)14/h3-5,7-8,14,18-19,21-22H,6,9H2,1-2H3/t14-,18?,19-/m0/s1. The number of benzene rings is 2. The minimum absolute atomic E-state index is 0.104. The zero-order valence-corrected chi connectivity index (χ0v) is 14.2. The highest BCUT2D eigenvalue weighted by Crippen LogP contribution is 2.53. The first kappa shape index (κ1) is 14.9. The first-order valence-corrected chi connectivity index (χ1v) is 8.58. The van der Waals surface area contributed by atoms with Gasteiger partial charge in [-0.25, -0.2) is 0 Å². The fourth-order valence-corrected chi connectivity index (χ4v) is 3.98. The summed E-state index contributed by atoms with van der Waals surface area (Å²) in [7, 11) is 0. The molecule has 3 atom stereocenters. The van der Waals surface area contributed by atoms with Crippen molar-refractivity contribution in [2.45, 2.75) is 44.0 Å². The minimum atomic E-state index is -0.615. The molecule has 5 nitrogen and oxygen atoms in total. The van der Waals surface area contributed by atoms with Gasteiger partial charge in [0.15, 0.2) is 0 Å². The summed E-state index contributed by atoms with van der Waals surface area (Å²) in [6.45, 7) is 4.31. The zero-order valence-electron chi connectivity index (χ0n) is 14.2. The number of phenols is 1. The third-order valence-corrected chi connectivity index (χ3v) is 5.52. The van der Waals surface area contributed by atoms with E-state index in [-0.39, 0.29) is 17.8 Å². The molecule has 0 aromatic heterocycles. The van der Waals surface area contributed by atoms with Crippen molar-refractivity contribution in [2.75, 3.05) is 6.61 Å². The molecule has 5 rings (SSSR count). The van der Waals surface area contributed by atoms with E-state index in [4.69, 9.17) is 14.2 Å².